The zero-order chi connectivity index (χ0) is 38.2. The van der Waals surface area contributed by atoms with Gasteiger partial charge < -0.3 is 38.5 Å². The van der Waals surface area contributed by atoms with Crippen LogP contribution in [0.5, 0.6) is 11.5 Å². The maximum absolute atomic E-state index is 14.4. The minimum Gasteiger partial charge on any atom is -0.451 e. The quantitative estimate of drug-likeness (QED) is 0.201. The molecule has 3 aliphatic rings. The van der Waals surface area contributed by atoms with Crippen molar-refractivity contribution in [3.05, 3.63) is 92.9 Å². The Morgan fingerprint density at radius 1 is 1.17 bits per heavy atom. The lowest BCUT2D eigenvalue weighted by atomic mass is 9.84. The summed E-state index contributed by atoms with van der Waals surface area (Å²) in [6, 6.07) is 7.76. The number of aromatic nitrogens is 1. The molecule has 1 saturated heterocycles. The van der Waals surface area contributed by atoms with Gasteiger partial charge in [-0.1, -0.05) is 29.4 Å². The van der Waals surface area contributed by atoms with E-state index in [9.17, 15) is 42.3 Å². The fourth-order valence-electron chi connectivity index (χ4n) is 6.76. The predicted octanol–water partition coefficient (Wildman–Crippen LogP) is 3.85. The van der Waals surface area contributed by atoms with Crippen molar-refractivity contribution in [2.24, 2.45) is 5.16 Å². The van der Waals surface area contributed by atoms with Crippen LogP contribution in [0.3, 0.4) is 0 Å². The van der Waals surface area contributed by atoms with Crippen LogP contribution in [0.1, 0.15) is 71.1 Å². The lowest BCUT2D eigenvalue weighted by Crippen LogP contribution is -2.52. The molecule has 0 aliphatic carbocycles. The first-order valence-electron chi connectivity index (χ1n) is 16.4. The van der Waals surface area contributed by atoms with Crippen LogP contribution < -0.4 is 20.0 Å². The number of para-hydroxylation sites is 1. The molecule has 3 atom stereocenters. The van der Waals surface area contributed by atoms with Gasteiger partial charge in [0.05, 0.1) is 18.3 Å². The number of fused-ring (bicyclic) bond motifs is 5. The minimum absolute atomic E-state index is 0.0456. The minimum atomic E-state index is -4.91. The lowest BCUT2D eigenvalue weighted by molar-refractivity contribution is -0.0657. The second-order valence-electron chi connectivity index (χ2n) is 13.1. The van der Waals surface area contributed by atoms with E-state index < -0.39 is 79.1 Å². The van der Waals surface area contributed by atoms with Gasteiger partial charge in [-0.15, -0.1) is 0 Å². The Kier molecular flexibility index (Phi) is 10.3. The number of hydrogen-bond donors (Lipinski definition) is 3. The molecule has 1 fully saturated rings. The number of nitrogens with one attached hydrogen (secondary N) is 1. The van der Waals surface area contributed by atoms with E-state index in [0.717, 1.165) is 17.0 Å². The molecular formula is C34H36F2N5O11P. The molecule has 6 rings (SSSR count). The number of rotatable bonds is 10. The maximum Gasteiger partial charge on any atom is 0.524 e. The summed E-state index contributed by atoms with van der Waals surface area (Å²) in [5.74, 6) is -3.98. The molecule has 16 nitrogen and oxygen atoms in total. The average molecular weight is 760 g/mol. The normalized spacial score (nSPS) is 20.5. The van der Waals surface area contributed by atoms with Crippen LogP contribution >= 0.6 is 7.82 Å². The van der Waals surface area contributed by atoms with Gasteiger partial charge in [0.2, 0.25) is 18.0 Å². The van der Waals surface area contributed by atoms with Crippen molar-refractivity contribution in [2.75, 3.05) is 20.4 Å². The number of phosphoric ester groups is 1. The van der Waals surface area contributed by atoms with E-state index in [0.29, 0.717) is 31.0 Å². The average Bonchev–Trinajstić information content (AvgIpc) is 3.43. The van der Waals surface area contributed by atoms with Crippen LogP contribution in [-0.4, -0.2) is 79.8 Å². The van der Waals surface area contributed by atoms with Crippen LogP contribution in [0.25, 0.3) is 0 Å². The number of benzene rings is 2. The standard InChI is InChI=1S/C34H36F2N5O11P/c1-19-13-34(52-38-19)11-10-20(2)40-17-27(34)41-16-24(31(43)37-14-21-8-9-23(35)12-25(21)36)29(42)30(28(41)32(40)44)49-18-50-33(45)39(3)15-22-6-4-5-7-26(22)51-53(46,47)48/h4-9,12,16,20,27H,10-11,13-15,17-18H2,1-3H3,(H,37,43)(H2,46,47,48)/t20-,27?,34-/m0/s1. The Morgan fingerprint density at radius 2 is 1.92 bits per heavy atom. The molecular weight excluding hydrogens is 723 g/mol. The SMILES string of the molecule is CC1=NO[C@@]2(CC[C@H](C)N3CC2n2cc(C(=O)NCc4ccc(F)cc4F)c(=O)c(OCOC(=O)N(C)Cc4ccccc4OP(=O)(O)O)c2C3=O)C1. The highest BCUT2D eigenvalue weighted by Crippen LogP contribution is 2.46. The summed E-state index contributed by atoms with van der Waals surface area (Å²) < 4.78 is 56.4. The van der Waals surface area contributed by atoms with Crippen LogP contribution in [-0.2, 0) is 27.2 Å². The van der Waals surface area contributed by atoms with E-state index in [2.05, 4.69) is 10.5 Å². The van der Waals surface area contributed by atoms with E-state index in [-0.39, 0.29) is 41.7 Å². The molecule has 1 spiro atoms. The number of phosphoric acid groups is 1. The van der Waals surface area contributed by atoms with Crippen molar-refractivity contribution < 1.29 is 56.4 Å². The summed E-state index contributed by atoms with van der Waals surface area (Å²) in [7, 11) is -3.58. The van der Waals surface area contributed by atoms with Gasteiger partial charge in [-0.3, -0.25) is 24.2 Å². The molecule has 3 aromatic rings. The summed E-state index contributed by atoms with van der Waals surface area (Å²) in [6.45, 7) is 2.32. The van der Waals surface area contributed by atoms with Gasteiger partial charge in [-0.05, 0) is 38.8 Å². The Morgan fingerprint density at radius 3 is 2.62 bits per heavy atom. The molecule has 4 heterocycles. The van der Waals surface area contributed by atoms with E-state index >= 15 is 0 Å². The first kappa shape index (κ1) is 37.4. The fourth-order valence-corrected chi connectivity index (χ4v) is 7.20. The largest absolute Gasteiger partial charge is 0.524 e. The molecule has 282 valence electrons. The smallest absolute Gasteiger partial charge is 0.451 e. The second kappa shape index (κ2) is 14.6. The topological polar surface area (TPSA) is 199 Å². The number of amides is 3. The zero-order valence-corrected chi connectivity index (χ0v) is 29.7. The summed E-state index contributed by atoms with van der Waals surface area (Å²) in [6.07, 6.45) is 1.69. The lowest BCUT2D eigenvalue weighted by Gasteiger charge is -2.42. The molecule has 19 heteroatoms. The van der Waals surface area contributed by atoms with Crippen molar-refractivity contribution in [1.29, 1.82) is 0 Å². The number of carbonyl (C=O) groups is 3. The molecule has 2 aromatic carbocycles. The zero-order valence-electron chi connectivity index (χ0n) is 28.8. The molecule has 2 bridgehead atoms. The van der Waals surface area contributed by atoms with Crippen LogP contribution in [0, 0.1) is 11.6 Å². The van der Waals surface area contributed by atoms with Gasteiger partial charge in [0, 0.05) is 56.0 Å². The van der Waals surface area contributed by atoms with Crippen LogP contribution in [0.2, 0.25) is 0 Å². The van der Waals surface area contributed by atoms with E-state index in [1.807, 2.05) is 6.92 Å². The fraction of sp³-hybridized carbons (Fsp3) is 0.382. The van der Waals surface area contributed by atoms with Crippen molar-refractivity contribution >= 4 is 31.4 Å². The molecule has 3 aliphatic heterocycles. The predicted molar refractivity (Wildman–Crippen MR) is 181 cm³/mol. The van der Waals surface area contributed by atoms with Gasteiger partial charge in [0.25, 0.3) is 11.8 Å². The van der Waals surface area contributed by atoms with Gasteiger partial charge in [-0.25, -0.2) is 18.1 Å². The number of nitrogens with zero attached hydrogens (tertiary/aromatic N) is 4. The Balaban J connectivity index is 1.31. The van der Waals surface area contributed by atoms with Crippen LogP contribution in [0.4, 0.5) is 13.6 Å². The number of pyridine rings is 1. The Bertz CT molecular complexity index is 2110. The number of ether oxygens (including phenoxy) is 2. The third-order valence-electron chi connectivity index (χ3n) is 9.42. The molecule has 3 amide bonds. The highest BCUT2D eigenvalue weighted by Gasteiger charge is 2.54. The molecule has 53 heavy (non-hydrogen) atoms. The summed E-state index contributed by atoms with van der Waals surface area (Å²) in [4.78, 5) is 81.8. The first-order chi connectivity index (χ1) is 25.1. The summed E-state index contributed by atoms with van der Waals surface area (Å²) in [5, 5.41) is 6.65. The summed E-state index contributed by atoms with van der Waals surface area (Å²) >= 11 is 0. The monoisotopic (exact) mass is 759 g/mol. The van der Waals surface area contributed by atoms with Crippen molar-refractivity contribution in [3.63, 3.8) is 0 Å². The van der Waals surface area contributed by atoms with E-state index in [1.54, 1.807) is 17.9 Å². The highest BCUT2D eigenvalue weighted by atomic mass is 31.2. The molecule has 3 N–H and O–H groups in total. The molecule has 0 saturated carbocycles. The number of halogens is 2. The van der Waals surface area contributed by atoms with Gasteiger partial charge >= 0.3 is 13.9 Å². The molecule has 1 aromatic heterocycles. The Labute approximate surface area is 301 Å². The Hall–Kier alpha value is -5.32. The first-order valence-corrected chi connectivity index (χ1v) is 18.0. The summed E-state index contributed by atoms with van der Waals surface area (Å²) in [5.41, 5.74) is -1.72. The molecule has 0 radical (unpaired) electrons. The van der Waals surface area contributed by atoms with Gasteiger partial charge in [0.1, 0.15) is 22.9 Å². The van der Waals surface area contributed by atoms with E-state index in [1.165, 1.54) is 36.0 Å². The maximum atomic E-state index is 14.4. The number of oxime groups is 1. The van der Waals surface area contributed by atoms with Crippen molar-refractivity contribution in [3.8, 4) is 11.5 Å². The van der Waals surface area contributed by atoms with Crippen LogP contribution in [0.15, 0.2) is 58.6 Å². The highest BCUT2D eigenvalue weighted by molar-refractivity contribution is 7.46. The van der Waals surface area contributed by atoms with Crippen molar-refractivity contribution in [2.45, 2.75) is 63.9 Å². The van der Waals surface area contributed by atoms with Crippen molar-refractivity contribution in [1.82, 2.24) is 19.7 Å². The van der Waals surface area contributed by atoms with Gasteiger partial charge in [0.15, 0.2) is 11.3 Å². The third-order valence-corrected chi connectivity index (χ3v) is 9.85. The molecule has 1 unspecified atom stereocenters. The van der Waals surface area contributed by atoms with E-state index in [4.69, 9.17) is 18.8 Å². The second-order valence-corrected chi connectivity index (χ2v) is 14.3. The third kappa shape index (κ3) is 7.75. The van der Waals surface area contributed by atoms with Gasteiger partial charge in [-0.2, -0.15) is 0 Å². The number of carbonyl (C=O) groups excluding carboxylic acids is 3. The number of hydrogen-bond acceptors (Lipinski definition) is 10.